The lowest BCUT2D eigenvalue weighted by molar-refractivity contribution is 0.149. The third-order valence-electron chi connectivity index (χ3n) is 4.00. The Kier molecular flexibility index (Phi) is 7.06. The molecule has 2 unspecified atom stereocenters. The van der Waals surface area contributed by atoms with Crippen LogP contribution < -0.4 is 5.73 Å². The summed E-state index contributed by atoms with van der Waals surface area (Å²) >= 11 is 0. The van der Waals surface area contributed by atoms with Crippen molar-refractivity contribution in [3.63, 3.8) is 0 Å². The zero-order chi connectivity index (χ0) is 11.8. The highest BCUT2D eigenvalue weighted by molar-refractivity contribution is 4.75. The Morgan fingerprint density at radius 3 is 2.81 bits per heavy atom. The van der Waals surface area contributed by atoms with Crippen molar-refractivity contribution in [1.82, 2.24) is 4.90 Å². The minimum absolute atomic E-state index is 0.762. The monoisotopic (exact) mass is 226 g/mol. The van der Waals surface area contributed by atoms with Gasteiger partial charge in [-0.25, -0.2) is 0 Å². The minimum atomic E-state index is 0.762. The zero-order valence-electron chi connectivity index (χ0n) is 11.3. The number of nitrogens with zero attached hydrogens (tertiary/aromatic N) is 1. The maximum absolute atomic E-state index is 5.78. The summed E-state index contributed by atoms with van der Waals surface area (Å²) in [6.45, 7) is 9.37. The van der Waals surface area contributed by atoms with Crippen LogP contribution >= 0.6 is 0 Å². The molecule has 1 heterocycles. The molecule has 1 saturated heterocycles. The molecule has 0 aliphatic carbocycles. The molecule has 1 aliphatic heterocycles. The van der Waals surface area contributed by atoms with Crippen molar-refractivity contribution in [3.05, 3.63) is 0 Å². The molecule has 2 heteroatoms. The fraction of sp³-hybridized carbons (Fsp3) is 1.00. The first-order valence-corrected chi connectivity index (χ1v) is 7.22. The van der Waals surface area contributed by atoms with E-state index in [0.29, 0.717) is 0 Å². The van der Waals surface area contributed by atoms with E-state index in [4.69, 9.17) is 5.73 Å². The first kappa shape index (κ1) is 14.0. The zero-order valence-corrected chi connectivity index (χ0v) is 11.3. The molecule has 16 heavy (non-hydrogen) atoms. The highest BCUT2D eigenvalue weighted by Gasteiger charge is 2.20. The van der Waals surface area contributed by atoms with E-state index in [1.165, 1.54) is 58.2 Å². The molecule has 0 aromatic carbocycles. The van der Waals surface area contributed by atoms with Gasteiger partial charge in [0, 0.05) is 13.1 Å². The first-order valence-electron chi connectivity index (χ1n) is 7.22. The van der Waals surface area contributed by atoms with Gasteiger partial charge in [0.2, 0.25) is 0 Å². The number of nitrogens with two attached hydrogens (primary N) is 1. The summed E-state index contributed by atoms with van der Waals surface area (Å²) in [7, 11) is 0. The van der Waals surface area contributed by atoms with Gasteiger partial charge in [0.15, 0.2) is 0 Å². The van der Waals surface area contributed by atoms with Gasteiger partial charge in [-0.05, 0) is 44.2 Å². The highest BCUT2D eigenvalue weighted by atomic mass is 15.1. The summed E-state index contributed by atoms with van der Waals surface area (Å²) in [4.78, 5) is 2.66. The molecule has 0 amide bonds. The van der Waals surface area contributed by atoms with Gasteiger partial charge in [-0.2, -0.15) is 0 Å². The second-order valence-corrected chi connectivity index (χ2v) is 5.42. The molecule has 0 bridgehead atoms. The Balaban J connectivity index is 2.27. The van der Waals surface area contributed by atoms with Crippen LogP contribution in [0.3, 0.4) is 0 Å². The molecule has 1 fully saturated rings. The molecule has 1 rings (SSSR count). The average Bonchev–Trinajstić information content (AvgIpc) is 2.34. The van der Waals surface area contributed by atoms with Gasteiger partial charge in [0.25, 0.3) is 0 Å². The lowest BCUT2D eigenvalue weighted by Gasteiger charge is -2.34. The molecule has 0 aromatic heterocycles. The lowest BCUT2D eigenvalue weighted by atomic mass is 9.94. The van der Waals surface area contributed by atoms with Crippen LogP contribution in [0.25, 0.3) is 0 Å². The van der Waals surface area contributed by atoms with Crippen LogP contribution in [-0.4, -0.2) is 31.1 Å². The van der Waals surface area contributed by atoms with Crippen LogP contribution in [0.5, 0.6) is 0 Å². The summed E-state index contributed by atoms with van der Waals surface area (Å²) in [6.07, 6.45) is 8.18. The number of piperidine rings is 1. The predicted molar refractivity (Wildman–Crippen MR) is 71.5 cm³/mol. The number of likely N-dealkylation sites (tertiary alicyclic amines) is 1. The van der Waals surface area contributed by atoms with E-state index in [1.807, 2.05) is 0 Å². The first-order chi connectivity index (χ1) is 7.80. The fourth-order valence-corrected chi connectivity index (χ4v) is 2.79. The second-order valence-electron chi connectivity index (χ2n) is 5.42. The number of hydrogen-bond acceptors (Lipinski definition) is 2. The third-order valence-corrected chi connectivity index (χ3v) is 4.00. The van der Waals surface area contributed by atoms with Gasteiger partial charge in [0.05, 0.1) is 0 Å². The van der Waals surface area contributed by atoms with Crippen LogP contribution in [0.2, 0.25) is 0 Å². The van der Waals surface area contributed by atoms with Crippen molar-refractivity contribution in [2.75, 3.05) is 26.2 Å². The Hall–Kier alpha value is -0.0800. The minimum Gasteiger partial charge on any atom is -0.330 e. The number of unbranched alkanes of at least 4 members (excludes halogenated alkanes) is 1. The third kappa shape index (κ3) is 4.84. The summed E-state index contributed by atoms with van der Waals surface area (Å²) in [5.41, 5.74) is 5.78. The highest BCUT2D eigenvalue weighted by Crippen LogP contribution is 2.20. The predicted octanol–water partition coefficient (Wildman–Crippen LogP) is 2.87. The molecular weight excluding hydrogens is 196 g/mol. The topological polar surface area (TPSA) is 29.3 Å². The van der Waals surface area contributed by atoms with E-state index >= 15 is 0 Å². The standard InChI is InChI=1S/C14H30N2/c1-3-5-7-13(4-2)11-16-9-6-8-14(10-15)12-16/h13-14H,3-12,15H2,1-2H3. The normalized spacial score (nSPS) is 24.6. The number of rotatable bonds is 7. The molecule has 0 saturated carbocycles. The molecule has 96 valence electrons. The van der Waals surface area contributed by atoms with Crippen molar-refractivity contribution in [3.8, 4) is 0 Å². The molecule has 0 spiro atoms. The van der Waals surface area contributed by atoms with Crippen LogP contribution in [-0.2, 0) is 0 Å². The van der Waals surface area contributed by atoms with E-state index in [0.717, 1.165) is 18.4 Å². The lowest BCUT2D eigenvalue weighted by Crippen LogP contribution is -2.40. The summed E-state index contributed by atoms with van der Waals surface area (Å²) in [5.74, 6) is 1.67. The van der Waals surface area contributed by atoms with Crippen molar-refractivity contribution >= 4 is 0 Å². The largest absolute Gasteiger partial charge is 0.330 e. The second kappa shape index (κ2) is 8.08. The summed E-state index contributed by atoms with van der Waals surface area (Å²) < 4.78 is 0. The maximum atomic E-state index is 5.78. The van der Waals surface area contributed by atoms with Crippen LogP contribution in [0.15, 0.2) is 0 Å². The fourth-order valence-electron chi connectivity index (χ4n) is 2.79. The Morgan fingerprint density at radius 1 is 1.38 bits per heavy atom. The SMILES string of the molecule is CCCCC(CC)CN1CCCC(CN)C1. The molecular formula is C14H30N2. The molecule has 2 atom stereocenters. The Labute approximate surface area is 102 Å². The van der Waals surface area contributed by atoms with E-state index < -0.39 is 0 Å². The van der Waals surface area contributed by atoms with Gasteiger partial charge in [-0.1, -0.05) is 33.1 Å². The van der Waals surface area contributed by atoms with E-state index in [9.17, 15) is 0 Å². The molecule has 2 nitrogen and oxygen atoms in total. The molecule has 0 radical (unpaired) electrons. The maximum Gasteiger partial charge on any atom is 0.00218 e. The quantitative estimate of drug-likeness (QED) is 0.723. The molecule has 2 N–H and O–H groups in total. The van der Waals surface area contributed by atoms with Gasteiger partial charge >= 0.3 is 0 Å². The van der Waals surface area contributed by atoms with Crippen molar-refractivity contribution in [2.45, 2.75) is 52.4 Å². The van der Waals surface area contributed by atoms with Crippen molar-refractivity contribution in [2.24, 2.45) is 17.6 Å². The Morgan fingerprint density at radius 2 is 2.19 bits per heavy atom. The van der Waals surface area contributed by atoms with Crippen LogP contribution in [0.1, 0.15) is 52.4 Å². The summed E-state index contributed by atoms with van der Waals surface area (Å²) in [5, 5.41) is 0. The summed E-state index contributed by atoms with van der Waals surface area (Å²) in [6, 6.07) is 0. The van der Waals surface area contributed by atoms with E-state index in [-0.39, 0.29) is 0 Å². The van der Waals surface area contributed by atoms with Gasteiger partial charge in [0.1, 0.15) is 0 Å². The van der Waals surface area contributed by atoms with Gasteiger partial charge in [-0.15, -0.1) is 0 Å². The van der Waals surface area contributed by atoms with E-state index in [1.54, 1.807) is 0 Å². The van der Waals surface area contributed by atoms with Gasteiger partial charge in [-0.3, -0.25) is 0 Å². The van der Waals surface area contributed by atoms with Crippen LogP contribution in [0.4, 0.5) is 0 Å². The number of hydrogen-bond donors (Lipinski definition) is 1. The van der Waals surface area contributed by atoms with Crippen molar-refractivity contribution in [1.29, 1.82) is 0 Å². The van der Waals surface area contributed by atoms with Gasteiger partial charge < -0.3 is 10.6 Å². The van der Waals surface area contributed by atoms with Crippen molar-refractivity contribution < 1.29 is 0 Å². The van der Waals surface area contributed by atoms with E-state index in [2.05, 4.69) is 18.7 Å². The van der Waals surface area contributed by atoms with Crippen LogP contribution in [0, 0.1) is 11.8 Å². The average molecular weight is 226 g/mol. The molecule has 0 aromatic rings. The Bertz CT molecular complexity index is 170. The molecule has 1 aliphatic rings. The smallest absolute Gasteiger partial charge is 0.00218 e.